The standard InChI is InChI=1S/C18H24N6O3S/c1-2-11-28(26,27)23-10-4-7-16(23)18(25)19-14-6-3-5-13(12-14)17-20-21-22-24(17)15-8-9-15/h3,5-6,12,15-16H,2,4,7-11H2,1H3,(H,19,25). The number of carbonyl (C=O) groups excluding carboxylic acids is 1. The topological polar surface area (TPSA) is 110 Å². The quantitative estimate of drug-likeness (QED) is 0.754. The second kappa shape index (κ2) is 7.59. The number of anilines is 1. The van der Waals surface area contributed by atoms with Crippen molar-refractivity contribution >= 4 is 21.6 Å². The molecule has 2 heterocycles. The smallest absolute Gasteiger partial charge is 0.242 e. The zero-order valence-corrected chi connectivity index (χ0v) is 16.6. The summed E-state index contributed by atoms with van der Waals surface area (Å²) in [7, 11) is -3.41. The van der Waals surface area contributed by atoms with Gasteiger partial charge in [-0.05, 0) is 54.7 Å². The van der Waals surface area contributed by atoms with Crippen molar-refractivity contribution in [3.63, 3.8) is 0 Å². The summed E-state index contributed by atoms with van der Waals surface area (Å²) in [6, 6.07) is 7.02. The molecular weight excluding hydrogens is 380 g/mol. The highest BCUT2D eigenvalue weighted by molar-refractivity contribution is 7.89. The molecule has 10 heteroatoms. The van der Waals surface area contributed by atoms with Crippen LogP contribution in [-0.4, -0.2) is 57.2 Å². The van der Waals surface area contributed by atoms with Crippen LogP contribution in [0.25, 0.3) is 11.4 Å². The minimum atomic E-state index is -3.41. The molecule has 1 atom stereocenters. The lowest BCUT2D eigenvalue weighted by Gasteiger charge is -2.23. The number of amides is 1. The summed E-state index contributed by atoms with van der Waals surface area (Å²) < 4.78 is 28.0. The van der Waals surface area contributed by atoms with E-state index in [0.717, 1.165) is 18.4 Å². The first kappa shape index (κ1) is 19.0. The molecule has 1 aromatic heterocycles. The van der Waals surface area contributed by atoms with Crippen LogP contribution < -0.4 is 5.32 Å². The van der Waals surface area contributed by atoms with Gasteiger partial charge in [0.25, 0.3) is 0 Å². The van der Waals surface area contributed by atoms with Crippen LogP contribution in [0.1, 0.15) is 45.1 Å². The Labute approximate surface area is 164 Å². The number of hydrogen-bond acceptors (Lipinski definition) is 6. The van der Waals surface area contributed by atoms with Gasteiger partial charge in [0.1, 0.15) is 6.04 Å². The average Bonchev–Trinajstić information content (AvgIpc) is 3.19. The van der Waals surface area contributed by atoms with Gasteiger partial charge in [0.2, 0.25) is 15.9 Å². The lowest BCUT2D eigenvalue weighted by molar-refractivity contribution is -0.119. The van der Waals surface area contributed by atoms with E-state index in [1.54, 1.807) is 6.07 Å². The van der Waals surface area contributed by atoms with Gasteiger partial charge in [-0.2, -0.15) is 4.31 Å². The molecule has 2 aromatic rings. The number of tetrazole rings is 1. The van der Waals surface area contributed by atoms with Crippen molar-refractivity contribution < 1.29 is 13.2 Å². The first-order valence-corrected chi connectivity index (χ1v) is 11.3. The van der Waals surface area contributed by atoms with E-state index in [9.17, 15) is 13.2 Å². The Morgan fingerprint density at radius 3 is 2.86 bits per heavy atom. The van der Waals surface area contributed by atoms with Gasteiger partial charge in [-0.1, -0.05) is 19.1 Å². The van der Waals surface area contributed by atoms with Gasteiger partial charge in [-0.15, -0.1) is 5.10 Å². The maximum absolute atomic E-state index is 12.8. The predicted octanol–water partition coefficient (Wildman–Crippen LogP) is 1.82. The largest absolute Gasteiger partial charge is 0.325 e. The molecule has 1 amide bonds. The summed E-state index contributed by atoms with van der Waals surface area (Å²) >= 11 is 0. The van der Waals surface area contributed by atoms with Crippen molar-refractivity contribution in [2.75, 3.05) is 17.6 Å². The van der Waals surface area contributed by atoms with E-state index >= 15 is 0 Å². The Kier molecular flexibility index (Phi) is 5.15. The molecule has 2 aliphatic rings. The number of benzene rings is 1. The molecule has 1 aliphatic heterocycles. The summed E-state index contributed by atoms with van der Waals surface area (Å²) in [5, 5.41) is 14.8. The SMILES string of the molecule is CCCS(=O)(=O)N1CCCC1C(=O)Nc1cccc(-c2nnnn2C2CC2)c1. The lowest BCUT2D eigenvalue weighted by Crippen LogP contribution is -2.44. The van der Waals surface area contributed by atoms with Crippen LogP contribution in [0.3, 0.4) is 0 Å². The first-order chi connectivity index (χ1) is 13.5. The molecule has 4 rings (SSSR count). The molecule has 0 bridgehead atoms. The lowest BCUT2D eigenvalue weighted by atomic mass is 10.1. The number of carbonyl (C=O) groups is 1. The minimum absolute atomic E-state index is 0.0656. The molecule has 9 nitrogen and oxygen atoms in total. The molecule has 0 radical (unpaired) electrons. The van der Waals surface area contributed by atoms with E-state index < -0.39 is 16.1 Å². The third kappa shape index (κ3) is 3.79. The van der Waals surface area contributed by atoms with Crippen LogP contribution in [0, 0.1) is 0 Å². The second-order valence-electron chi connectivity index (χ2n) is 7.33. The molecule has 1 saturated carbocycles. The van der Waals surface area contributed by atoms with Crippen LogP contribution in [0.15, 0.2) is 24.3 Å². The molecule has 1 aliphatic carbocycles. The van der Waals surface area contributed by atoms with Gasteiger partial charge in [0, 0.05) is 17.8 Å². The van der Waals surface area contributed by atoms with Crippen LogP contribution in [-0.2, 0) is 14.8 Å². The number of aromatic nitrogens is 4. The Morgan fingerprint density at radius 2 is 2.11 bits per heavy atom. The van der Waals surface area contributed by atoms with Crippen LogP contribution in [0.5, 0.6) is 0 Å². The molecule has 150 valence electrons. The van der Waals surface area contributed by atoms with Gasteiger partial charge in [0.05, 0.1) is 11.8 Å². The van der Waals surface area contributed by atoms with E-state index in [2.05, 4.69) is 20.8 Å². The maximum Gasteiger partial charge on any atom is 0.242 e. The monoisotopic (exact) mass is 404 g/mol. The highest BCUT2D eigenvalue weighted by Gasteiger charge is 2.38. The molecule has 1 saturated heterocycles. The fourth-order valence-corrected chi connectivity index (χ4v) is 5.37. The Hall–Kier alpha value is -2.33. The fourth-order valence-electron chi connectivity index (χ4n) is 3.62. The van der Waals surface area contributed by atoms with Gasteiger partial charge >= 0.3 is 0 Å². The minimum Gasteiger partial charge on any atom is -0.325 e. The molecule has 28 heavy (non-hydrogen) atoms. The van der Waals surface area contributed by atoms with Crippen molar-refractivity contribution in [2.24, 2.45) is 0 Å². The van der Waals surface area contributed by atoms with E-state index in [-0.39, 0.29) is 11.7 Å². The molecule has 2 fully saturated rings. The summed E-state index contributed by atoms with van der Waals surface area (Å²) in [6.07, 6.45) is 3.90. The van der Waals surface area contributed by atoms with E-state index in [1.807, 2.05) is 29.8 Å². The van der Waals surface area contributed by atoms with Gasteiger partial charge in [-0.3, -0.25) is 4.79 Å². The average molecular weight is 404 g/mol. The van der Waals surface area contributed by atoms with Crippen molar-refractivity contribution in [1.29, 1.82) is 0 Å². The second-order valence-corrected chi connectivity index (χ2v) is 9.37. The van der Waals surface area contributed by atoms with Gasteiger partial charge in [0.15, 0.2) is 5.82 Å². The van der Waals surface area contributed by atoms with E-state index in [1.165, 1.54) is 4.31 Å². The number of nitrogens with zero attached hydrogens (tertiary/aromatic N) is 5. The molecule has 1 aromatic carbocycles. The predicted molar refractivity (Wildman–Crippen MR) is 104 cm³/mol. The van der Waals surface area contributed by atoms with E-state index in [0.29, 0.717) is 43.4 Å². The number of nitrogens with one attached hydrogen (secondary N) is 1. The Morgan fingerprint density at radius 1 is 1.29 bits per heavy atom. The third-order valence-electron chi connectivity index (χ3n) is 5.10. The Balaban J connectivity index is 1.51. The molecular formula is C18H24N6O3S. The number of hydrogen-bond donors (Lipinski definition) is 1. The summed E-state index contributed by atoms with van der Waals surface area (Å²) in [5.41, 5.74) is 1.42. The third-order valence-corrected chi connectivity index (χ3v) is 7.18. The van der Waals surface area contributed by atoms with E-state index in [4.69, 9.17) is 0 Å². The molecule has 1 unspecified atom stereocenters. The number of rotatable bonds is 7. The summed E-state index contributed by atoms with van der Waals surface area (Å²) in [6.45, 7) is 2.22. The zero-order chi connectivity index (χ0) is 19.7. The van der Waals surface area contributed by atoms with Gasteiger partial charge < -0.3 is 5.32 Å². The highest BCUT2D eigenvalue weighted by Crippen LogP contribution is 2.36. The number of sulfonamides is 1. The van der Waals surface area contributed by atoms with Crippen molar-refractivity contribution in [2.45, 2.75) is 51.1 Å². The molecule has 0 spiro atoms. The maximum atomic E-state index is 12.8. The van der Waals surface area contributed by atoms with Crippen molar-refractivity contribution in [3.05, 3.63) is 24.3 Å². The van der Waals surface area contributed by atoms with Crippen molar-refractivity contribution in [1.82, 2.24) is 24.5 Å². The van der Waals surface area contributed by atoms with Gasteiger partial charge in [-0.25, -0.2) is 13.1 Å². The molecule has 1 N–H and O–H groups in total. The summed E-state index contributed by atoms with van der Waals surface area (Å²) in [5.74, 6) is 0.443. The van der Waals surface area contributed by atoms with Crippen LogP contribution in [0.2, 0.25) is 0 Å². The fraction of sp³-hybridized carbons (Fsp3) is 0.556. The van der Waals surface area contributed by atoms with Crippen LogP contribution >= 0.6 is 0 Å². The Bertz CT molecular complexity index is 969. The summed E-state index contributed by atoms with van der Waals surface area (Å²) in [4.78, 5) is 12.8. The first-order valence-electron chi connectivity index (χ1n) is 9.68. The zero-order valence-electron chi connectivity index (χ0n) is 15.8. The normalized spacial score (nSPS) is 20.4. The van der Waals surface area contributed by atoms with Crippen molar-refractivity contribution in [3.8, 4) is 11.4 Å². The highest BCUT2D eigenvalue weighted by atomic mass is 32.2. The van der Waals surface area contributed by atoms with Crippen LogP contribution in [0.4, 0.5) is 5.69 Å².